The fraction of sp³-hybridized carbons (Fsp3) is 0.294. The summed E-state index contributed by atoms with van der Waals surface area (Å²) in [5.74, 6) is 0.532. The van der Waals surface area contributed by atoms with Crippen molar-refractivity contribution in [3.8, 4) is 5.75 Å². The second kappa shape index (κ2) is 7.45. The number of carbonyl (C=O) groups is 1. The molecule has 3 N–H and O–H groups in total. The Hall–Kier alpha value is -2.56. The molecular formula is C17H21N3O2. The van der Waals surface area contributed by atoms with Gasteiger partial charge >= 0.3 is 0 Å². The van der Waals surface area contributed by atoms with Crippen molar-refractivity contribution in [1.29, 1.82) is 0 Å². The van der Waals surface area contributed by atoms with Gasteiger partial charge in [-0.25, -0.2) is 0 Å². The molecule has 0 bridgehead atoms. The van der Waals surface area contributed by atoms with E-state index in [1.165, 1.54) is 5.56 Å². The predicted octanol–water partition coefficient (Wildman–Crippen LogP) is 2.64. The van der Waals surface area contributed by atoms with Crippen LogP contribution in [-0.2, 0) is 11.3 Å². The third-order valence-corrected chi connectivity index (χ3v) is 3.29. The van der Waals surface area contributed by atoms with Crippen molar-refractivity contribution in [1.82, 2.24) is 10.3 Å². The number of carbonyl (C=O) groups excluding carboxylic acids is 1. The number of amides is 1. The number of hydrogen-bond donors (Lipinski definition) is 3. The fourth-order valence-electron chi connectivity index (χ4n) is 1.97. The lowest BCUT2D eigenvalue weighted by molar-refractivity contribution is -0.119. The van der Waals surface area contributed by atoms with E-state index in [0.29, 0.717) is 12.5 Å². The van der Waals surface area contributed by atoms with E-state index in [1.807, 2.05) is 12.1 Å². The van der Waals surface area contributed by atoms with Crippen LogP contribution in [0.2, 0.25) is 0 Å². The molecule has 5 heteroatoms. The first-order valence-electron chi connectivity index (χ1n) is 7.29. The predicted molar refractivity (Wildman–Crippen MR) is 86.8 cm³/mol. The Morgan fingerprint density at radius 3 is 2.64 bits per heavy atom. The van der Waals surface area contributed by atoms with E-state index >= 15 is 0 Å². The Morgan fingerprint density at radius 1 is 1.23 bits per heavy atom. The molecular weight excluding hydrogens is 278 g/mol. The molecule has 2 aromatic rings. The van der Waals surface area contributed by atoms with E-state index in [9.17, 15) is 9.90 Å². The zero-order valence-electron chi connectivity index (χ0n) is 12.8. The molecule has 0 radical (unpaired) electrons. The minimum Gasteiger partial charge on any atom is -0.508 e. The van der Waals surface area contributed by atoms with Gasteiger partial charge in [-0.05, 0) is 47.9 Å². The van der Waals surface area contributed by atoms with Crippen molar-refractivity contribution < 1.29 is 9.90 Å². The summed E-state index contributed by atoms with van der Waals surface area (Å²) in [6.07, 6.45) is 1.77. The van der Waals surface area contributed by atoms with Gasteiger partial charge in [-0.15, -0.1) is 0 Å². The van der Waals surface area contributed by atoms with Crippen LogP contribution < -0.4 is 10.6 Å². The first-order chi connectivity index (χ1) is 10.5. The Labute approximate surface area is 130 Å². The average Bonchev–Trinajstić information content (AvgIpc) is 2.52. The highest BCUT2D eigenvalue weighted by Crippen LogP contribution is 2.14. The molecule has 0 saturated carbocycles. The summed E-state index contributed by atoms with van der Waals surface area (Å²) in [5.41, 5.74) is 2.85. The van der Waals surface area contributed by atoms with Gasteiger partial charge in [0.2, 0.25) is 5.91 Å². The molecule has 0 aliphatic carbocycles. The van der Waals surface area contributed by atoms with E-state index in [0.717, 1.165) is 11.4 Å². The van der Waals surface area contributed by atoms with Gasteiger partial charge in [0.15, 0.2) is 0 Å². The molecule has 1 aromatic carbocycles. The van der Waals surface area contributed by atoms with Gasteiger partial charge in [-0.2, -0.15) is 0 Å². The van der Waals surface area contributed by atoms with Gasteiger partial charge in [0.25, 0.3) is 0 Å². The molecule has 2 rings (SSSR count). The SMILES string of the molecule is CC(C)c1ccnc(CNC(=O)CNc2ccc(O)cc2)c1. The lowest BCUT2D eigenvalue weighted by atomic mass is 10.0. The molecule has 0 aliphatic heterocycles. The highest BCUT2D eigenvalue weighted by atomic mass is 16.3. The van der Waals surface area contributed by atoms with Crippen LogP contribution in [0.5, 0.6) is 5.75 Å². The normalized spacial score (nSPS) is 10.5. The first-order valence-corrected chi connectivity index (χ1v) is 7.29. The molecule has 1 heterocycles. The highest BCUT2D eigenvalue weighted by molar-refractivity contribution is 5.80. The highest BCUT2D eigenvalue weighted by Gasteiger charge is 2.04. The van der Waals surface area contributed by atoms with Crippen molar-refractivity contribution in [2.75, 3.05) is 11.9 Å². The molecule has 0 unspecified atom stereocenters. The number of phenols is 1. The van der Waals surface area contributed by atoms with E-state index < -0.39 is 0 Å². The quantitative estimate of drug-likeness (QED) is 0.717. The van der Waals surface area contributed by atoms with Gasteiger partial charge in [-0.1, -0.05) is 13.8 Å². The monoisotopic (exact) mass is 299 g/mol. The molecule has 1 amide bonds. The van der Waals surface area contributed by atoms with Crippen LogP contribution in [0.25, 0.3) is 0 Å². The first kappa shape index (κ1) is 15.8. The summed E-state index contributed by atoms with van der Waals surface area (Å²) in [6.45, 7) is 4.84. The van der Waals surface area contributed by atoms with E-state index in [2.05, 4.69) is 29.5 Å². The molecule has 0 saturated heterocycles. The molecule has 0 aliphatic rings. The number of nitrogens with one attached hydrogen (secondary N) is 2. The maximum atomic E-state index is 11.8. The smallest absolute Gasteiger partial charge is 0.239 e. The number of nitrogens with zero attached hydrogens (tertiary/aromatic N) is 1. The van der Waals surface area contributed by atoms with Crippen LogP contribution in [0.3, 0.4) is 0 Å². The summed E-state index contributed by atoms with van der Waals surface area (Å²) in [6, 6.07) is 10.6. The van der Waals surface area contributed by atoms with Gasteiger partial charge in [0.1, 0.15) is 5.75 Å². The van der Waals surface area contributed by atoms with Crippen molar-refractivity contribution >= 4 is 11.6 Å². The van der Waals surface area contributed by atoms with Crippen LogP contribution in [0.4, 0.5) is 5.69 Å². The molecule has 0 atom stereocenters. The van der Waals surface area contributed by atoms with Gasteiger partial charge in [-0.3, -0.25) is 9.78 Å². The third kappa shape index (κ3) is 4.77. The Morgan fingerprint density at radius 2 is 1.95 bits per heavy atom. The molecule has 0 spiro atoms. The Balaban J connectivity index is 1.80. The number of pyridine rings is 1. The second-order valence-corrected chi connectivity index (χ2v) is 5.41. The van der Waals surface area contributed by atoms with E-state index in [-0.39, 0.29) is 18.2 Å². The van der Waals surface area contributed by atoms with Crippen LogP contribution in [0.1, 0.15) is 31.0 Å². The standard InChI is InChI=1S/C17H21N3O2/c1-12(2)13-7-8-18-15(9-13)10-20-17(22)11-19-14-3-5-16(21)6-4-14/h3-9,12,19,21H,10-11H2,1-2H3,(H,20,22). The number of phenolic OH excluding ortho intramolecular Hbond substituents is 1. The van der Waals surface area contributed by atoms with Crippen LogP contribution in [0.15, 0.2) is 42.6 Å². The van der Waals surface area contributed by atoms with Gasteiger partial charge in [0, 0.05) is 11.9 Å². The Bertz CT molecular complexity index is 624. The van der Waals surface area contributed by atoms with Gasteiger partial charge in [0.05, 0.1) is 18.8 Å². The number of aromatic nitrogens is 1. The van der Waals surface area contributed by atoms with Crippen LogP contribution >= 0.6 is 0 Å². The zero-order valence-corrected chi connectivity index (χ0v) is 12.8. The van der Waals surface area contributed by atoms with Crippen LogP contribution in [-0.4, -0.2) is 22.5 Å². The van der Waals surface area contributed by atoms with Crippen molar-refractivity contribution in [3.63, 3.8) is 0 Å². The summed E-state index contributed by atoms with van der Waals surface area (Å²) in [7, 11) is 0. The van der Waals surface area contributed by atoms with E-state index in [4.69, 9.17) is 0 Å². The fourth-order valence-corrected chi connectivity index (χ4v) is 1.97. The van der Waals surface area contributed by atoms with Crippen LogP contribution in [0, 0.1) is 0 Å². The summed E-state index contributed by atoms with van der Waals surface area (Å²) >= 11 is 0. The number of hydrogen-bond acceptors (Lipinski definition) is 4. The minimum absolute atomic E-state index is 0.107. The van der Waals surface area contributed by atoms with Crippen molar-refractivity contribution in [3.05, 3.63) is 53.9 Å². The second-order valence-electron chi connectivity index (χ2n) is 5.41. The maximum Gasteiger partial charge on any atom is 0.239 e. The molecule has 0 fully saturated rings. The molecule has 5 nitrogen and oxygen atoms in total. The summed E-state index contributed by atoms with van der Waals surface area (Å²) in [4.78, 5) is 16.1. The van der Waals surface area contributed by atoms with Crippen molar-refractivity contribution in [2.24, 2.45) is 0 Å². The largest absolute Gasteiger partial charge is 0.508 e. The third-order valence-electron chi connectivity index (χ3n) is 3.29. The molecule has 116 valence electrons. The average molecular weight is 299 g/mol. The van der Waals surface area contributed by atoms with Crippen molar-refractivity contribution in [2.45, 2.75) is 26.3 Å². The minimum atomic E-state index is -0.107. The van der Waals surface area contributed by atoms with E-state index in [1.54, 1.807) is 30.5 Å². The maximum absolute atomic E-state index is 11.8. The molecule has 22 heavy (non-hydrogen) atoms. The molecule has 1 aromatic heterocycles. The topological polar surface area (TPSA) is 74.2 Å². The summed E-state index contributed by atoms with van der Waals surface area (Å²) in [5, 5.41) is 15.0. The Kier molecular flexibility index (Phi) is 5.36. The lowest BCUT2D eigenvalue weighted by Gasteiger charge is -2.09. The van der Waals surface area contributed by atoms with Gasteiger partial charge < -0.3 is 15.7 Å². The number of aromatic hydroxyl groups is 1. The number of benzene rings is 1. The number of rotatable bonds is 6. The zero-order chi connectivity index (χ0) is 15.9. The summed E-state index contributed by atoms with van der Waals surface area (Å²) < 4.78 is 0. The lowest BCUT2D eigenvalue weighted by Crippen LogP contribution is -2.29. The number of anilines is 1.